The van der Waals surface area contributed by atoms with Crippen molar-refractivity contribution in [1.82, 2.24) is 0 Å². The van der Waals surface area contributed by atoms with Crippen molar-refractivity contribution in [3.8, 4) is 22.3 Å². The lowest BCUT2D eigenvalue weighted by Crippen LogP contribution is -2.61. The summed E-state index contributed by atoms with van der Waals surface area (Å²) in [6.07, 6.45) is 0. The zero-order chi connectivity index (χ0) is 34.0. The Balaban J connectivity index is 1.43. The molecular weight excluding hydrogens is 603 g/mol. The van der Waals surface area contributed by atoms with Gasteiger partial charge >= 0.3 is 0 Å². The third-order valence-corrected chi connectivity index (χ3v) is 10.4. The molecule has 0 amide bonds. The molecular formula is C47H39BN2. The van der Waals surface area contributed by atoms with E-state index in [0.717, 1.165) is 0 Å². The Morgan fingerprint density at radius 3 is 1.42 bits per heavy atom. The summed E-state index contributed by atoms with van der Waals surface area (Å²) in [5.74, 6) is 0. The lowest BCUT2D eigenvalue weighted by atomic mass is 9.33. The van der Waals surface area contributed by atoms with Crippen molar-refractivity contribution in [3.63, 3.8) is 0 Å². The van der Waals surface area contributed by atoms with Gasteiger partial charge in [0, 0.05) is 39.6 Å². The molecule has 0 aliphatic carbocycles. The molecule has 9 rings (SSSR count). The maximum Gasteiger partial charge on any atom is 0.252 e. The largest absolute Gasteiger partial charge is 0.311 e. The van der Waals surface area contributed by atoms with Crippen LogP contribution in [0.2, 0.25) is 0 Å². The Hall–Kier alpha value is -5.80. The molecule has 2 aliphatic rings. The predicted molar refractivity (Wildman–Crippen MR) is 215 cm³/mol. The van der Waals surface area contributed by atoms with Crippen molar-refractivity contribution in [2.75, 3.05) is 9.80 Å². The predicted octanol–water partition coefficient (Wildman–Crippen LogP) is 10.7. The molecule has 0 fully saturated rings. The van der Waals surface area contributed by atoms with Crippen LogP contribution < -0.4 is 26.2 Å². The van der Waals surface area contributed by atoms with E-state index in [1.54, 1.807) is 0 Å². The molecule has 0 spiro atoms. The standard InChI is InChI=1S/C47H39BN2/c1-32-28-43-45-44(29-32)50(42-27-17-15-25-40(42)48(45)39-24-14-16-26-41(39)49(43)36-22-12-7-13-23-36)46-37(33-18-8-5-9-19-33)30-35(47(2,3)4)31-38(46)34-20-10-6-11-21-34/h5-31H,1-4H3. The summed E-state index contributed by atoms with van der Waals surface area (Å²) >= 11 is 0. The first-order valence-corrected chi connectivity index (χ1v) is 17.7. The van der Waals surface area contributed by atoms with E-state index < -0.39 is 0 Å². The SMILES string of the molecule is Cc1cc2c3c(c1)N(c1c(-c4ccccc4)cc(C(C)(C)C)cc1-c1ccccc1)c1ccccc1B3c1ccccc1N2c1ccccc1. The number of fused-ring (bicyclic) bond motifs is 4. The first-order valence-electron chi connectivity index (χ1n) is 17.7. The van der Waals surface area contributed by atoms with Crippen molar-refractivity contribution >= 4 is 57.2 Å². The third-order valence-electron chi connectivity index (χ3n) is 10.4. The van der Waals surface area contributed by atoms with Gasteiger partial charge in [-0.05, 0) is 99.5 Å². The zero-order valence-corrected chi connectivity index (χ0v) is 29.1. The Morgan fingerprint density at radius 1 is 0.460 bits per heavy atom. The fourth-order valence-electron chi connectivity index (χ4n) is 8.11. The van der Waals surface area contributed by atoms with Crippen molar-refractivity contribution in [2.24, 2.45) is 0 Å². The quantitative estimate of drug-likeness (QED) is 0.176. The second kappa shape index (κ2) is 11.7. The summed E-state index contributed by atoms with van der Waals surface area (Å²) in [5, 5.41) is 0. The van der Waals surface area contributed by atoms with Crippen LogP contribution in [0.4, 0.5) is 34.1 Å². The second-order valence-electron chi connectivity index (χ2n) is 14.7. The van der Waals surface area contributed by atoms with Gasteiger partial charge in [0.15, 0.2) is 0 Å². The minimum Gasteiger partial charge on any atom is -0.311 e. The van der Waals surface area contributed by atoms with Crippen molar-refractivity contribution in [2.45, 2.75) is 33.1 Å². The molecule has 3 heteroatoms. The van der Waals surface area contributed by atoms with E-state index >= 15 is 0 Å². The number of hydrogen-bond acceptors (Lipinski definition) is 2. The van der Waals surface area contributed by atoms with Gasteiger partial charge in [-0.15, -0.1) is 0 Å². The maximum absolute atomic E-state index is 2.59. The Morgan fingerprint density at radius 2 is 0.900 bits per heavy atom. The van der Waals surface area contributed by atoms with Crippen LogP contribution in [0.15, 0.2) is 164 Å². The van der Waals surface area contributed by atoms with E-state index in [2.05, 4.69) is 201 Å². The van der Waals surface area contributed by atoms with Crippen LogP contribution in [0.3, 0.4) is 0 Å². The number of aryl methyl sites for hydroxylation is 1. The smallest absolute Gasteiger partial charge is 0.252 e. The summed E-state index contributed by atoms with van der Waals surface area (Å²) in [4.78, 5) is 5.06. The van der Waals surface area contributed by atoms with Crippen molar-refractivity contribution < 1.29 is 0 Å². The lowest BCUT2D eigenvalue weighted by molar-refractivity contribution is 0.591. The highest BCUT2D eigenvalue weighted by atomic mass is 15.2. The average Bonchev–Trinajstić information content (AvgIpc) is 3.15. The van der Waals surface area contributed by atoms with Gasteiger partial charge in [-0.2, -0.15) is 0 Å². The topological polar surface area (TPSA) is 6.48 Å². The van der Waals surface area contributed by atoms with Gasteiger partial charge in [0.05, 0.1) is 5.69 Å². The Bertz CT molecular complexity index is 2320. The number of rotatable bonds is 4. The number of para-hydroxylation sites is 3. The maximum atomic E-state index is 2.59. The first-order chi connectivity index (χ1) is 24.4. The van der Waals surface area contributed by atoms with E-state index in [1.165, 1.54) is 83.9 Å². The zero-order valence-electron chi connectivity index (χ0n) is 29.1. The first kappa shape index (κ1) is 30.3. The number of hydrogen-bond donors (Lipinski definition) is 0. The molecule has 7 aromatic rings. The van der Waals surface area contributed by atoms with Crippen LogP contribution in [0.1, 0.15) is 31.9 Å². The summed E-state index contributed by atoms with van der Waals surface area (Å²) in [6, 6.07) is 60.5. The summed E-state index contributed by atoms with van der Waals surface area (Å²) in [7, 11) is 0. The molecule has 0 aromatic heterocycles. The minimum absolute atomic E-state index is 0.0428. The van der Waals surface area contributed by atoms with Crippen molar-refractivity contribution in [1.29, 1.82) is 0 Å². The van der Waals surface area contributed by atoms with Crippen LogP contribution in [0.5, 0.6) is 0 Å². The molecule has 0 saturated heterocycles. The van der Waals surface area contributed by atoms with E-state index in [9.17, 15) is 0 Å². The Kier molecular flexibility index (Phi) is 7.07. The molecule has 2 nitrogen and oxygen atoms in total. The summed E-state index contributed by atoms with van der Waals surface area (Å²) < 4.78 is 0. The monoisotopic (exact) mass is 642 g/mol. The van der Waals surface area contributed by atoms with E-state index in [0.29, 0.717) is 0 Å². The number of nitrogens with zero attached hydrogens (tertiary/aromatic N) is 2. The van der Waals surface area contributed by atoms with Gasteiger partial charge in [-0.3, -0.25) is 0 Å². The van der Waals surface area contributed by atoms with Gasteiger partial charge < -0.3 is 9.80 Å². The van der Waals surface area contributed by atoms with Gasteiger partial charge in [-0.25, -0.2) is 0 Å². The van der Waals surface area contributed by atoms with Gasteiger partial charge in [0.25, 0.3) is 6.71 Å². The molecule has 0 N–H and O–H groups in total. The van der Waals surface area contributed by atoms with Gasteiger partial charge in [0.1, 0.15) is 0 Å². The molecule has 7 aromatic carbocycles. The molecule has 0 saturated carbocycles. The molecule has 240 valence electrons. The Labute approximate surface area is 296 Å². The van der Waals surface area contributed by atoms with Crippen LogP contribution in [-0.2, 0) is 5.41 Å². The highest BCUT2D eigenvalue weighted by Crippen LogP contribution is 2.51. The molecule has 0 radical (unpaired) electrons. The molecule has 50 heavy (non-hydrogen) atoms. The van der Waals surface area contributed by atoms with Crippen LogP contribution in [0.25, 0.3) is 22.3 Å². The number of benzene rings is 7. The highest BCUT2D eigenvalue weighted by molar-refractivity contribution is 7.00. The van der Waals surface area contributed by atoms with E-state index in [4.69, 9.17) is 0 Å². The van der Waals surface area contributed by atoms with Crippen LogP contribution in [0, 0.1) is 6.92 Å². The van der Waals surface area contributed by atoms with E-state index in [-0.39, 0.29) is 12.1 Å². The molecule has 0 atom stereocenters. The normalized spacial score (nSPS) is 13.1. The summed E-state index contributed by atoms with van der Waals surface area (Å²) in [6.45, 7) is 9.29. The lowest BCUT2D eigenvalue weighted by Gasteiger charge is -2.45. The van der Waals surface area contributed by atoms with Gasteiger partial charge in [-0.1, -0.05) is 136 Å². The molecule has 2 aliphatic heterocycles. The van der Waals surface area contributed by atoms with E-state index in [1.807, 2.05) is 0 Å². The van der Waals surface area contributed by atoms with Crippen LogP contribution >= 0.6 is 0 Å². The highest BCUT2D eigenvalue weighted by Gasteiger charge is 2.44. The second-order valence-corrected chi connectivity index (χ2v) is 14.7. The van der Waals surface area contributed by atoms with Crippen LogP contribution in [-0.4, -0.2) is 6.71 Å². The number of anilines is 6. The van der Waals surface area contributed by atoms with Gasteiger partial charge in [0.2, 0.25) is 0 Å². The fourth-order valence-corrected chi connectivity index (χ4v) is 8.11. The average molecular weight is 643 g/mol. The molecule has 0 unspecified atom stereocenters. The third kappa shape index (κ3) is 4.80. The van der Waals surface area contributed by atoms with Crippen molar-refractivity contribution in [3.05, 3.63) is 175 Å². The molecule has 0 bridgehead atoms. The molecule has 2 heterocycles. The fraction of sp³-hybridized carbons (Fsp3) is 0.106. The summed E-state index contributed by atoms with van der Waals surface area (Å²) in [5.41, 5.74) is 18.7. The minimum atomic E-state index is -0.0428.